The van der Waals surface area contributed by atoms with Crippen LogP contribution in [0.3, 0.4) is 0 Å². The van der Waals surface area contributed by atoms with Gasteiger partial charge in [0.05, 0.1) is 7.11 Å². The summed E-state index contributed by atoms with van der Waals surface area (Å²) in [7, 11) is 1.75. The monoisotopic (exact) mass is 234 g/mol. The molecule has 1 aliphatic rings. The fourth-order valence-corrected chi connectivity index (χ4v) is 2.78. The Morgan fingerprint density at radius 3 is 3.12 bits per heavy atom. The van der Waals surface area contributed by atoms with Crippen molar-refractivity contribution in [1.82, 2.24) is 10.3 Å². The van der Waals surface area contributed by atoms with Crippen LogP contribution in [0.2, 0.25) is 0 Å². The van der Waals surface area contributed by atoms with Gasteiger partial charge in [-0.25, -0.2) is 0 Å². The summed E-state index contributed by atoms with van der Waals surface area (Å²) in [4.78, 5) is 3.36. The molecule has 0 radical (unpaired) electrons. The average molecular weight is 234 g/mol. The first-order valence-electron chi connectivity index (χ1n) is 6.19. The zero-order chi connectivity index (χ0) is 11.8. The van der Waals surface area contributed by atoms with Gasteiger partial charge >= 0.3 is 0 Å². The van der Waals surface area contributed by atoms with Crippen molar-refractivity contribution in [3.63, 3.8) is 0 Å². The number of rotatable bonds is 1. The molecule has 1 aliphatic heterocycles. The number of hydrogen-bond acceptors (Lipinski definition) is 2. The minimum absolute atomic E-state index is 0. The molecule has 3 rings (SSSR count). The van der Waals surface area contributed by atoms with E-state index in [1.807, 2.05) is 0 Å². The van der Waals surface area contributed by atoms with Crippen molar-refractivity contribution in [2.45, 2.75) is 25.8 Å². The Kier molecular flexibility index (Phi) is 2.56. The highest BCUT2D eigenvalue weighted by atomic mass is 16.5. The van der Waals surface area contributed by atoms with E-state index in [1.54, 1.807) is 7.11 Å². The normalized spacial score (nSPS) is 20.0. The molecular formula is C14H22N2O. The van der Waals surface area contributed by atoms with Crippen LogP contribution >= 0.6 is 0 Å². The molecule has 2 N–H and O–H groups in total. The predicted octanol–water partition coefficient (Wildman–Crippen LogP) is 2.75. The Balaban J connectivity index is 0.000000902. The largest absolute Gasteiger partial charge is 0.496 e. The molecule has 0 fully saturated rings. The van der Waals surface area contributed by atoms with Crippen molar-refractivity contribution < 1.29 is 7.59 Å². The third-order valence-electron chi connectivity index (χ3n) is 3.61. The van der Waals surface area contributed by atoms with Crippen molar-refractivity contribution in [2.24, 2.45) is 0 Å². The van der Waals surface area contributed by atoms with Crippen LogP contribution in [0.1, 0.15) is 20.9 Å². The maximum Gasteiger partial charge on any atom is 0.122 e. The van der Waals surface area contributed by atoms with Gasteiger partial charge in [-0.15, -0.1) is 0 Å². The summed E-state index contributed by atoms with van der Waals surface area (Å²) < 4.78 is 5.51. The summed E-state index contributed by atoms with van der Waals surface area (Å²) in [6, 6.07) is 4.67. The second-order valence-electron chi connectivity index (χ2n) is 4.79. The molecule has 0 bridgehead atoms. The molecule has 94 valence electrons. The Morgan fingerprint density at radius 2 is 2.29 bits per heavy atom. The Labute approximate surface area is 104 Å². The first-order valence-corrected chi connectivity index (χ1v) is 6.19. The molecule has 3 heteroatoms. The van der Waals surface area contributed by atoms with E-state index in [-0.39, 0.29) is 2.85 Å². The van der Waals surface area contributed by atoms with Crippen LogP contribution < -0.4 is 10.1 Å². The van der Waals surface area contributed by atoms with Crippen molar-refractivity contribution in [3.05, 3.63) is 29.5 Å². The molecule has 3 nitrogen and oxygen atoms in total. The third-order valence-corrected chi connectivity index (χ3v) is 3.61. The number of nitrogens with one attached hydrogen (secondary N) is 2. The highest BCUT2D eigenvalue weighted by Gasteiger charge is 2.18. The predicted molar refractivity (Wildman–Crippen MR) is 74.0 cm³/mol. The summed E-state index contributed by atoms with van der Waals surface area (Å²) in [5, 5.41) is 4.91. The number of H-pyrrole nitrogens is 1. The molecule has 0 amide bonds. The molecule has 1 aromatic carbocycles. The maximum absolute atomic E-state index is 5.51. The molecule has 0 spiro atoms. The van der Waals surface area contributed by atoms with Crippen molar-refractivity contribution in [1.29, 1.82) is 0 Å². The zero-order valence-electron chi connectivity index (χ0n) is 10.3. The molecule has 0 saturated carbocycles. The van der Waals surface area contributed by atoms with Gasteiger partial charge in [-0.3, -0.25) is 0 Å². The Hall–Kier alpha value is -1.48. The number of benzene rings is 1. The molecule has 1 aromatic heterocycles. The van der Waals surface area contributed by atoms with E-state index < -0.39 is 0 Å². The molecule has 2 heterocycles. The minimum atomic E-state index is 0. The first kappa shape index (κ1) is 10.7. The van der Waals surface area contributed by atoms with Crippen LogP contribution in [0, 0.1) is 0 Å². The lowest BCUT2D eigenvalue weighted by atomic mass is 9.96. The quantitative estimate of drug-likeness (QED) is 0.796. The Morgan fingerprint density at radius 1 is 1.41 bits per heavy atom. The standard InChI is InChI=1S/C14H18N2O.2H2/c1-9-7-11-13(17-2)4-3-12-14(11)10(8-16-12)5-6-15-9;;/h3-4,8-9,15-16H,5-7H2,1-2H3;2*1H. The lowest BCUT2D eigenvalue weighted by Crippen LogP contribution is -2.31. The van der Waals surface area contributed by atoms with Crippen molar-refractivity contribution in [2.75, 3.05) is 13.7 Å². The van der Waals surface area contributed by atoms with Crippen LogP contribution in [-0.2, 0) is 12.8 Å². The lowest BCUT2D eigenvalue weighted by Gasteiger charge is -2.20. The summed E-state index contributed by atoms with van der Waals surface area (Å²) in [6.45, 7) is 3.28. The highest BCUT2D eigenvalue weighted by Crippen LogP contribution is 2.32. The second-order valence-corrected chi connectivity index (χ2v) is 4.79. The number of aromatic amines is 1. The van der Waals surface area contributed by atoms with Gasteiger partial charge < -0.3 is 15.0 Å². The summed E-state index contributed by atoms with van der Waals surface area (Å²) in [5.74, 6) is 1.01. The van der Waals surface area contributed by atoms with Gasteiger partial charge in [0.25, 0.3) is 0 Å². The summed E-state index contributed by atoms with van der Waals surface area (Å²) in [6.07, 6.45) is 4.22. The topological polar surface area (TPSA) is 37.0 Å². The summed E-state index contributed by atoms with van der Waals surface area (Å²) >= 11 is 0. The van der Waals surface area contributed by atoms with Gasteiger partial charge in [0.1, 0.15) is 5.75 Å². The van der Waals surface area contributed by atoms with E-state index in [0.717, 1.165) is 25.1 Å². The number of hydrogen-bond donors (Lipinski definition) is 2. The number of ether oxygens (including phenoxy) is 1. The van der Waals surface area contributed by atoms with E-state index in [2.05, 4.69) is 35.6 Å². The number of methoxy groups -OCH3 is 1. The molecule has 2 aromatic rings. The first-order chi connectivity index (χ1) is 8.29. The van der Waals surface area contributed by atoms with Gasteiger partial charge in [-0.1, -0.05) is 0 Å². The van der Waals surface area contributed by atoms with Gasteiger partial charge in [-0.05, 0) is 44.0 Å². The SMILES string of the molecule is COc1ccc2[nH]cc3c2c1CC(C)NCC3.[HH].[HH]. The van der Waals surface area contributed by atoms with Gasteiger partial charge in [0.2, 0.25) is 0 Å². The zero-order valence-corrected chi connectivity index (χ0v) is 10.3. The van der Waals surface area contributed by atoms with E-state index in [9.17, 15) is 0 Å². The van der Waals surface area contributed by atoms with Crippen LogP contribution in [0.25, 0.3) is 10.9 Å². The van der Waals surface area contributed by atoms with Crippen molar-refractivity contribution in [3.8, 4) is 5.75 Å². The minimum Gasteiger partial charge on any atom is -0.496 e. The van der Waals surface area contributed by atoms with Crippen molar-refractivity contribution >= 4 is 10.9 Å². The van der Waals surface area contributed by atoms with Gasteiger partial charge in [-0.2, -0.15) is 0 Å². The molecule has 0 saturated heterocycles. The van der Waals surface area contributed by atoms with Crippen LogP contribution in [0.5, 0.6) is 5.75 Å². The van der Waals surface area contributed by atoms with E-state index in [0.29, 0.717) is 6.04 Å². The average Bonchev–Trinajstić information content (AvgIpc) is 2.71. The Bertz CT molecular complexity index is 554. The maximum atomic E-state index is 5.51. The molecule has 17 heavy (non-hydrogen) atoms. The highest BCUT2D eigenvalue weighted by molar-refractivity contribution is 5.89. The fraction of sp³-hybridized carbons (Fsp3) is 0.429. The smallest absolute Gasteiger partial charge is 0.122 e. The number of aromatic nitrogens is 1. The molecular weight excluding hydrogens is 212 g/mol. The molecule has 1 atom stereocenters. The van der Waals surface area contributed by atoms with Crippen LogP contribution in [0.4, 0.5) is 0 Å². The van der Waals surface area contributed by atoms with Crippen LogP contribution in [0.15, 0.2) is 18.3 Å². The molecule has 0 aliphatic carbocycles. The van der Waals surface area contributed by atoms with E-state index in [1.165, 1.54) is 22.0 Å². The van der Waals surface area contributed by atoms with E-state index >= 15 is 0 Å². The lowest BCUT2D eigenvalue weighted by molar-refractivity contribution is 0.406. The summed E-state index contributed by atoms with van der Waals surface area (Å²) in [5.41, 5.74) is 3.96. The third kappa shape index (κ3) is 1.71. The van der Waals surface area contributed by atoms with E-state index in [4.69, 9.17) is 4.74 Å². The van der Waals surface area contributed by atoms with Crippen LogP contribution in [-0.4, -0.2) is 24.7 Å². The fourth-order valence-electron chi connectivity index (χ4n) is 2.78. The second kappa shape index (κ2) is 4.08. The van der Waals surface area contributed by atoms with Gasteiger partial charge in [0.15, 0.2) is 0 Å². The molecule has 1 unspecified atom stereocenters. The van der Waals surface area contributed by atoms with Gasteiger partial charge in [0, 0.05) is 31.6 Å².